The van der Waals surface area contributed by atoms with Gasteiger partial charge in [-0.25, -0.2) is 25.9 Å². The molecular formula is C18H19Cl2N9O. The predicted molar refractivity (Wildman–Crippen MR) is 114 cm³/mol. The van der Waals surface area contributed by atoms with Crippen molar-refractivity contribution in [1.29, 1.82) is 0 Å². The second-order valence-corrected chi connectivity index (χ2v) is 8.40. The fourth-order valence-corrected chi connectivity index (χ4v) is 4.29. The quantitative estimate of drug-likeness (QED) is 0.206. The van der Waals surface area contributed by atoms with Gasteiger partial charge in [0, 0.05) is 23.2 Å². The van der Waals surface area contributed by atoms with E-state index in [4.69, 9.17) is 34.8 Å². The second-order valence-electron chi connectivity index (χ2n) is 7.61. The van der Waals surface area contributed by atoms with Crippen molar-refractivity contribution < 1.29 is 4.79 Å². The van der Waals surface area contributed by atoms with Crippen molar-refractivity contribution in [3.63, 3.8) is 0 Å². The smallest absolute Gasteiger partial charge is 0.232 e. The molecule has 3 heterocycles. The zero-order valence-electron chi connectivity index (χ0n) is 16.1. The Morgan fingerprint density at radius 1 is 1.30 bits per heavy atom. The highest BCUT2D eigenvalue weighted by molar-refractivity contribution is 6.34. The van der Waals surface area contributed by atoms with Crippen LogP contribution in [-0.2, 0) is 10.2 Å². The van der Waals surface area contributed by atoms with Crippen molar-refractivity contribution in [2.24, 2.45) is 16.7 Å². The van der Waals surface area contributed by atoms with E-state index in [0.29, 0.717) is 22.9 Å². The Balaban J connectivity index is 1.64. The van der Waals surface area contributed by atoms with Gasteiger partial charge in [-0.3, -0.25) is 4.79 Å². The third-order valence-corrected chi connectivity index (χ3v) is 5.54. The number of hydrazine groups is 1. The van der Waals surface area contributed by atoms with E-state index < -0.39 is 5.92 Å². The van der Waals surface area contributed by atoms with Crippen LogP contribution in [0.2, 0.25) is 10.2 Å². The summed E-state index contributed by atoms with van der Waals surface area (Å²) in [5.41, 5.74) is 10.6. The molecule has 0 aromatic carbocycles. The van der Waals surface area contributed by atoms with Crippen molar-refractivity contribution in [2.45, 2.75) is 31.6 Å². The summed E-state index contributed by atoms with van der Waals surface area (Å²) >= 11 is 12.3. The van der Waals surface area contributed by atoms with Crippen molar-refractivity contribution in [3.05, 3.63) is 51.7 Å². The molecule has 1 aliphatic carbocycles. The number of halogens is 2. The first kappa shape index (κ1) is 20.3. The highest BCUT2D eigenvalue weighted by Crippen LogP contribution is 2.46. The van der Waals surface area contributed by atoms with Crippen molar-refractivity contribution in [2.75, 3.05) is 5.32 Å². The third kappa shape index (κ3) is 3.42. The monoisotopic (exact) mass is 447 g/mol. The van der Waals surface area contributed by atoms with Crippen molar-refractivity contribution in [1.82, 2.24) is 25.1 Å². The Morgan fingerprint density at radius 3 is 2.77 bits per heavy atom. The van der Waals surface area contributed by atoms with Gasteiger partial charge in [0.1, 0.15) is 5.69 Å². The molecule has 1 amide bonds. The molecule has 3 aromatic heterocycles. The lowest BCUT2D eigenvalue weighted by Crippen LogP contribution is -2.24. The summed E-state index contributed by atoms with van der Waals surface area (Å²) in [4.78, 5) is 21.7. The number of hydrogen-bond acceptors (Lipinski definition) is 7. The standard InChI is InChI=1S/C18H19Cl2N9O/c1-18(2)5-9(10-7-23-13-4-12(20)27-29(13)15(10)18)17(30)25-8-3-11(19)14(24-6-8)16(21)26-28-22/h3-4,6-7,9,28H,5,22H2,1-2H3,(H2,21,26)(H,25,30). The van der Waals surface area contributed by atoms with E-state index in [1.165, 1.54) is 6.20 Å². The summed E-state index contributed by atoms with van der Waals surface area (Å²) in [6.07, 6.45) is 3.76. The van der Waals surface area contributed by atoms with Crippen LogP contribution in [0, 0.1) is 0 Å². The molecule has 0 saturated carbocycles. The van der Waals surface area contributed by atoms with E-state index >= 15 is 0 Å². The molecule has 12 heteroatoms. The van der Waals surface area contributed by atoms with Gasteiger partial charge >= 0.3 is 0 Å². The fraction of sp³-hybridized carbons (Fsp3) is 0.278. The van der Waals surface area contributed by atoms with Crippen molar-refractivity contribution >= 4 is 46.3 Å². The summed E-state index contributed by atoms with van der Waals surface area (Å²) in [7, 11) is 0. The van der Waals surface area contributed by atoms with Gasteiger partial charge < -0.3 is 11.1 Å². The van der Waals surface area contributed by atoms with Crippen LogP contribution < -0.4 is 22.4 Å². The van der Waals surface area contributed by atoms with E-state index in [-0.39, 0.29) is 27.9 Å². The molecular weight excluding hydrogens is 429 g/mol. The summed E-state index contributed by atoms with van der Waals surface area (Å²) in [5, 5.41) is 11.4. The number of fused-ring (bicyclic) bond motifs is 3. The van der Waals surface area contributed by atoms with Crippen LogP contribution in [0.1, 0.15) is 43.1 Å². The first-order chi connectivity index (χ1) is 14.2. The maximum atomic E-state index is 13.1. The third-order valence-electron chi connectivity index (χ3n) is 5.07. The van der Waals surface area contributed by atoms with Crippen LogP contribution in [0.5, 0.6) is 0 Å². The van der Waals surface area contributed by atoms with Gasteiger partial charge in [-0.1, -0.05) is 37.0 Å². The number of rotatable bonds is 4. The molecule has 4 rings (SSSR count). The largest absolute Gasteiger partial charge is 0.380 e. The van der Waals surface area contributed by atoms with E-state index in [1.807, 2.05) is 0 Å². The number of carbonyl (C=O) groups is 1. The van der Waals surface area contributed by atoms with Gasteiger partial charge in [0.2, 0.25) is 5.91 Å². The summed E-state index contributed by atoms with van der Waals surface area (Å²) in [6.45, 7) is 4.13. The number of carbonyl (C=O) groups excluding carboxylic acids is 1. The molecule has 0 aliphatic heterocycles. The number of nitrogens with one attached hydrogen (secondary N) is 2. The average molecular weight is 448 g/mol. The molecule has 1 unspecified atom stereocenters. The molecule has 0 spiro atoms. The van der Waals surface area contributed by atoms with Gasteiger partial charge in [0.05, 0.1) is 28.5 Å². The van der Waals surface area contributed by atoms with E-state index in [2.05, 4.69) is 44.9 Å². The second kappa shape index (κ2) is 7.38. The maximum Gasteiger partial charge on any atom is 0.232 e. The Labute approximate surface area is 181 Å². The lowest BCUT2D eigenvalue weighted by atomic mass is 9.88. The normalized spacial score (nSPS) is 17.8. The van der Waals surface area contributed by atoms with Crippen LogP contribution in [0.25, 0.3) is 5.65 Å². The summed E-state index contributed by atoms with van der Waals surface area (Å²) in [6, 6.07) is 3.24. The molecule has 0 bridgehead atoms. The topological polar surface area (TPSA) is 149 Å². The molecule has 6 N–H and O–H groups in total. The van der Waals surface area contributed by atoms with Crippen LogP contribution in [0.3, 0.4) is 0 Å². The Kier molecular flexibility index (Phi) is 5.00. The SMILES string of the molecule is CC1(C)CC(C(=O)Nc2cnc(/C(N)=N/NN)c(Cl)c2)c2cnc3cc(Cl)nn3c21. The van der Waals surface area contributed by atoms with Crippen LogP contribution in [-0.4, -0.2) is 31.3 Å². The van der Waals surface area contributed by atoms with Gasteiger partial charge in [-0.15, -0.1) is 5.10 Å². The average Bonchev–Trinajstić information content (AvgIpc) is 3.17. The highest BCUT2D eigenvalue weighted by Gasteiger charge is 2.43. The molecule has 1 aliphatic rings. The minimum atomic E-state index is -0.415. The number of anilines is 1. The molecule has 0 fully saturated rings. The minimum Gasteiger partial charge on any atom is -0.380 e. The molecule has 10 nitrogen and oxygen atoms in total. The van der Waals surface area contributed by atoms with E-state index in [1.54, 1.807) is 22.8 Å². The van der Waals surface area contributed by atoms with Crippen LogP contribution in [0.15, 0.2) is 29.6 Å². The maximum absolute atomic E-state index is 13.1. The van der Waals surface area contributed by atoms with Gasteiger partial charge in [0.15, 0.2) is 16.6 Å². The zero-order valence-corrected chi connectivity index (χ0v) is 17.7. The molecule has 0 saturated heterocycles. The first-order valence-electron chi connectivity index (χ1n) is 9.01. The lowest BCUT2D eigenvalue weighted by Gasteiger charge is -2.19. The Hall–Kier alpha value is -2.95. The number of amidine groups is 1. The molecule has 30 heavy (non-hydrogen) atoms. The number of aromatic nitrogens is 4. The summed E-state index contributed by atoms with van der Waals surface area (Å²) in [5.74, 6) is 4.53. The number of amides is 1. The highest BCUT2D eigenvalue weighted by atomic mass is 35.5. The lowest BCUT2D eigenvalue weighted by molar-refractivity contribution is -0.117. The molecule has 1 atom stereocenters. The van der Waals surface area contributed by atoms with Crippen molar-refractivity contribution in [3.8, 4) is 0 Å². The number of hydrogen-bond donors (Lipinski definition) is 4. The molecule has 0 radical (unpaired) electrons. The number of nitrogens with two attached hydrogens (primary N) is 2. The molecule has 3 aromatic rings. The number of pyridine rings is 1. The Bertz CT molecular complexity index is 1190. The summed E-state index contributed by atoms with van der Waals surface area (Å²) < 4.78 is 1.71. The number of nitrogens with zero attached hydrogens (tertiary/aromatic N) is 5. The minimum absolute atomic E-state index is 0.0276. The van der Waals surface area contributed by atoms with Gasteiger partial charge in [-0.05, 0) is 12.5 Å². The van der Waals surface area contributed by atoms with E-state index in [0.717, 1.165) is 11.3 Å². The van der Waals surface area contributed by atoms with E-state index in [9.17, 15) is 4.79 Å². The fourth-order valence-electron chi connectivity index (χ4n) is 3.85. The van der Waals surface area contributed by atoms with Gasteiger partial charge in [0.25, 0.3) is 0 Å². The Morgan fingerprint density at radius 2 is 2.07 bits per heavy atom. The van der Waals surface area contributed by atoms with Crippen LogP contribution >= 0.6 is 23.2 Å². The predicted octanol–water partition coefficient (Wildman–Crippen LogP) is 1.92. The first-order valence-corrected chi connectivity index (χ1v) is 9.77. The van der Waals surface area contributed by atoms with Gasteiger partial charge in [-0.2, -0.15) is 5.10 Å². The number of hydrazone groups is 1. The zero-order chi connectivity index (χ0) is 21.6. The molecule has 156 valence electrons. The van der Waals surface area contributed by atoms with Crippen LogP contribution in [0.4, 0.5) is 5.69 Å².